The Morgan fingerprint density at radius 2 is 2.64 bits per heavy atom. The third kappa shape index (κ3) is 2.84. The summed E-state index contributed by atoms with van der Waals surface area (Å²) >= 11 is 1.73. The zero-order valence-corrected chi connectivity index (χ0v) is 7.26. The van der Waals surface area contributed by atoms with Crippen LogP contribution in [0.15, 0.2) is 11.6 Å². The molecule has 1 rings (SSSR count). The van der Waals surface area contributed by atoms with Gasteiger partial charge in [0.05, 0.1) is 19.4 Å². The van der Waals surface area contributed by atoms with Gasteiger partial charge in [-0.1, -0.05) is 0 Å². The third-order valence-electron chi connectivity index (χ3n) is 1.44. The van der Waals surface area contributed by atoms with E-state index in [1.165, 1.54) is 7.11 Å². The summed E-state index contributed by atoms with van der Waals surface area (Å²) in [4.78, 5) is 12.8. The van der Waals surface area contributed by atoms with Gasteiger partial charge in [-0.25, -0.2) is 0 Å². The summed E-state index contributed by atoms with van der Waals surface area (Å²) in [5.74, 6) is 0.812. The Morgan fingerprint density at radius 1 is 1.82 bits per heavy atom. The topological polar surface area (TPSA) is 29.5 Å². The van der Waals surface area contributed by atoms with Crippen LogP contribution >= 0.6 is 11.8 Å². The largest absolute Gasteiger partial charge is 0.469 e. The van der Waals surface area contributed by atoms with E-state index in [2.05, 4.69) is 9.64 Å². The zero-order chi connectivity index (χ0) is 8.10. The first-order chi connectivity index (χ1) is 5.33. The minimum absolute atomic E-state index is 0.143. The van der Waals surface area contributed by atoms with Gasteiger partial charge in [0.25, 0.3) is 0 Å². The molecule has 0 radical (unpaired) electrons. The predicted octanol–water partition coefficient (Wildman–Crippen LogP) is 1.03. The van der Waals surface area contributed by atoms with Crippen molar-refractivity contribution in [2.45, 2.75) is 6.42 Å². The molecule has 0 fully saturated rings. The second kappa shape index (κ2) is 4.28. The Labute approximate surface area is 70.4 Å². The molecule has 0 saturated heterocycles. The van der Waals surface area contributed by atoms with Crippen LogP contribution in [0.1, 0.15) is 6.42 Å². The Hall–Kier alpha value is -0.640. The van der Waals surface area contributed by atoms with E-state index in [4.69, 9.17) is 0 Å². The van der Waals surface area contributed by atoms with Gasteiger partial charge in [-0.15, -0.1) is 11.8 Å². The maximum atomic E-state index is 10.7. The molecule has 0 aliphatic carbocycles. The second-order valence-electron chi connectivity index (χ2n) is 2.22. The summed E-state index contributed by atoms with van der Waals surface area (Å²) < 4.78 is 4.51. The van der Waals surface area contributed by atoms with Gasteiger partial charge < -0.3 is 9.64 Å². The lowest BCUT2D eigenvalue weighted by molar-refractivity contribution is -0.140. The van der Waals surface area contributed by atoms with Gasteiger partial charge in [0.1, 0.15) is 0 Å². The van der Waals surface area contributed by atoms with Gasteiger partial charge in [-0.2, -0.15) is 0 Å². The van der Waals surface area contributed by atoms with E-state index in [0.717, 1.165) is 12.4 Å². The molecule has 0 aromatic heterocycles. The lowest BCUT2D eigenvalue weighted by Crippen LogP contribution is -2.18. The quantitative estimate of drug-likeness (QED) is 0.596. The van der Waals surface area contributed by atoms with Crippen LogP contribution in [0.25, 0.3) is 0 Å². The minimum atomic E-state index is -0.143. The van der Waals surface area contributed by atoms with Crippen molar-refractivity contribution in [1.29, 1.82) is 0 Å². The number of rotatable bonds is 3. The van der Waals surface area contributed by atoms with E-state index in [9.17, 15) is 4.79 Å². The summed E-state index contributed by atoms with van der Waals surface area (Å²) in [6, 6.07) is 0. The van der Waals surface area contributed by atoms with E-state index < -0.39 is 0 Å². The van der Waals surface area contributed by atoms with Crippen molar-refractivity contribution < 1.29 is 9.53 Å². The molecule has 0 unspecified atom stereocenters. The molecule has 0 aromatic rings. The number of hydrogen-bond donors (Lipinski definition) is 0. The van der Waals surface area contributed by atoms with Crippen molar-refractivity contribution in [3.63, 3.8) is 0 Å². The van der Waals surface area contributed by atoms with Crippen LogP contribution in [-0.2, 0) is 9.53 Å². The molecule has 1 aliphatic heterocycles. The van der Waals surface area contributed by atoms with Crippen molar-refractivity contribution in [3.05, 3.63) is 11.6 Å². The zero-order valence-electron chi connectivity index (χ0n) is 6.45. The number of ether oxygens (including phenoxy) is 1. The van der Waals surface area contributed by atoms with Crippen LogP contribution in [0.5, 0.6) is 0 Å². The highest BCUT2D eigenvalue weighted by Crippen LogP contribution is 2.14. The van der Waals surface area contributed by atoms with E-state index in [0.29, 0.717) is 6.42 Å². The molecule has 3 nitrogen and oxygen atoms in total. The van der Waals surface area contributed by atoms with Crippen molar-refractivity contribution in [1.82, 2.24) is 4.90 Å². The molecule has 0 spiro atoms. The predicted molar refractivity (Wildman–Crippen MR) is 44.9 cm³/mol. The van der Waals surface area contributed by atoms with Crippen molar-refractivity contribution in [3.8, 4) is 0 Å². The molecule has 1 heterocycles. The number of nitrogens with zero attached hydrogens (tertiary/aromatic N) is 1. The van der Waals surface area contributed by atoms with Crippen LogP contribution in [0.2, 0.25) is 0 Å². The van der Waals surface area contributed by atoms with Crippen molar-refractivity contribution >= 4 is 17.7 Å². The summed E-state index contributed by atoms with van der Waals surface area (Å²) in [6.45, 7) is 0.760. The molecule has 0 N–H and O–H groups in total. The summed E-state index contributed by atoms with van der Waals surface area (Å²) in [7, 11) is 1.41. The lowest BCUT2D eigenvalue weighted by Gasteiger charge is -2.12. The Morgan fingerprint density at radius 3 is 3.18 bits per heavy atom. The first-order valence-electron chi connectivity index (χ1n) is 3.42. The molecular weight excluding hydrogens is 162 g/mol. The molecule has 0 bridgehead atoms. The highest BCUT2D eigenvalue weighted by molar-refractivity contribution is 8.02. The van der Waals surface area contributed by atoms with E-state index in [1.807, 2.05) is 11.6 Å². The highest BCUT2D eigenvalue weighted by Gasteiger charge is 2.06. The average Bonchev–Trinajstić information content (AvgIpc) is 2.52. The van der Waals surface area contributed by atoms with Crippen molar-refractivity contribution in [2.24, 2.45) is 0 Å². The second-order valence-corrected chi connectivity index (χ2v) is 3.08. The molecule has 4 heteroatoms. The smallest absolute Gasteiger partial charge is 0.307 e. The number of thioether (sulfide) groups is 1. The highest BCUT2D eigenvalue weighted by atomic mass is 32.2. The normalized spacial score (nSPS) is 15.5. The van der Waals surface area contributed by atoms with Gasteiger partial charge in [-0.05, 0) is 5.41 Å². The Balaban J connectivity index is 2.11. The fourth-order valence-corrected chi connectivity index (χ4v) is 1.54. The standard InChI is InChI=1S/C7H11NO2S/c1-10-7(9)2-3-8-4-5-11-6-8/h4-5H,2-3,6H2,1H3. The van der Waals surface area contributed by atoms with Crippen molar-refractivity contribution in [2.75, 3.05) is 19.5 Å². The van der Waals surface area contributed by atoms with E-state index in [1.54, 1.807) is 11.8 Å². The summed E-state index contributed by atoms with van der Waals surface area (Å²) in [5.41, 5.74) is 0. The molecule has 11 heavy (non-hydrogen) atoms. The maximum absolute atomic E-state index is 10.7. The lowest BCUT2D eigenvalue weighted by atomic mass is 10.4. The van der Waals surface area contributed by atoms with Gasteiger partial charge in [0.2, 0.25) is 0 Å². The molecule has 0 amide bonds. The first-order valence-corrected chi connectivity index (χ1v) is 4.47. The van der Waals surface area contributed by atoms with E-state index >= 15 is 0 Å². The third-order valence-corrected chi connectivity index (χ3v) is 2.23. The SMILES string of the molecule is COC(=O)CCN1C=CSC1. The van der Waals surface area contributed by atoms with Gasteiger partial charge in [-0.3, -0.25) is 4.79 Å². The van der Waals surface area contributed by atoms with Crippen LogP contribution in [0, 0.1) is 0 Å². The fraction of sp³-hybridized carbons (Fsp3) is 0.571. The first kappa shape index (κ1) is 8.46. The molecule has 0 atom stereocenters. The number of methoxy groups -OCH3 is 1. The fourth-order valence-electron chi connectivity index (χ4n) is 0.787. The van der Waals surface area contributed by atoms with Crippen LogP contribution in [0.4, 0.5) is 0 Å². The van der Waals surface area contributed by atoms with Crippen LogP contribution in [0.3, 0.4) is 0 Å². The Bertz CT molecular complexity index is 170. The summed E-state index contributed by atoms with van der Waals surface area (Å²) in [6.07, 6.45) is 2.47. The Kier molecular flexibility index (Phi) is 3.29. The molecule has 0 saturated carbocycles. The summed E-state index contributed by atoms with van der Waals surface area (Å²) in [5, 5.41) is 2.03. The van der Waals surface area contributed by atoms with E-state index in [-0.39, 0.29) is 5.97 Å². The average molecular weight is 173 g/mol. The number of esters is 1. The van der Waals surface area contributed by atoms with Crippen LogP contribution < -0.4 is 0 Å². The van der Waals surface area contributed by atoms with Gasteiger partial charge >= 0.3 is 5.97 Å². The number of carbonyl (C=O) groups excluding carboxylic acids is 1. The van der Waals surface area contributed by atoms with Crippen LogP contribution in [-0.4, -0.2) is 30.4 Å². The maximum Gasteiger partial charge on any atom is 0.307 e. The monoisotopic (exact) mass is 173 g/mol. The molecular formula is C7H11NO2S. The number of carbonyl (C=O) groups is 1. The van der Waals surface area contributed by atoms with Gasteiger partial charge in [0, 0.05) is 12.7 Å². The molecule has 0 aromatic carbocycles. The minimum Gasteiger partial charge on any atom is -0.469 e. The molecule has 1 aliphatic rings. The van der Waals surface area contributed by atoms with Gasteiger partial charge in [0.15, 0.2) is 0 Å². The molecule has 62 valence electrons. The number of hydrogen-bond acceptors (Lipinski definition) is 4.